The van der Waals surface area contributed by atoms with Crippen LogP contribution < -0.4 is 5.73 Å². The second-order valence-corrected chi connectivity index (χ2v) is 5.12. The number of H-pyrrole nitrogens is 1. The average Bonchev–Trinajstić information content (AvgIpc) is 2.90. The minimum Gasteiger partial charge on any atom is -0.380 e. The standard InChI is InChI=1S/C14H16F2N6O/c15-10-2-1-9(7-11(10)16)18-20-13-12(19-21-14(13)17)8-22-3-5-23-6-4-22/h1-2,7H,3-6,8H2,(H3,17,19,21). The number of nitrogen functional groups attached to an aromatic ring is 1. The van der Waals surface area contributed by atoms with E-state index in [4.69, 9.17) is 10.5 Å². The highest BCUT2D eigenvalue weighted by atomic mass is 19.2. The Bertz CT molecular complexity index is 711. The molecule has 1 aliphatic rings. The number of azo groups is 1. The monoisotopic (exact) mass is 322 g/mol. The second kappa shape index (κ2) is 6.80. The summed E-state index contributed by atoms with van der Waals surface area (Å²) in [6.07, 6.45) is 0. The van der Waals surface area contributed by atoms with Crippen LogP contribution in [0.4, 0.5) is 26.0 Å². The molecule has 1 aliphatic heterocycles. The first-order chi connectivity index (χ1) is 11.1. The van der Waals surface area contributed by atoms with E-state index in [0.29, 0.717) is 25.4 Å². The van der Waals surface area contributed by atoms with Crippen LogP contribution in [-0.2, 0) is 11.3 Å². The van der Waals surface area contributed by atoms with Gasteiger partial charge in [-0.2, -0.15) is 10.2 Å². The summed E-state index contributed by atoms with van der Waals surface area (Å²) >= 11 is 0. The van der Waals surface area contributed by atoms with Crippen LogP contribution >= 0.6 is 0 Å². The molecule has 9 heteroatoms. The van der Waals surface area contributed by atoms with Gasteiger partial charge in [0.15, 0.2) is 23.1 Å². The first-order valence-electron chi connectivity index (χ1n) is 7.13. The van der Waals surface area contributed by atoms with Gasteiger partial charge in [0.2, 0.25) is 0 Å². The number of halogens is 2. The smallest absolute Gasteiger partial charge is 0.173 e. The topological polar surface area (TPSA) is 91.9 Å². The van der Waals surface area contributed by atoms with Crippen LogP contribution in [0.1, 0.15) is 5.69 Å². The van der Waals surface area contributed by atoms with Gasteiger partial charge in [-0.15, -0.1) is 5.11 Å². The first kappa shape index (κ1) is 15.5. The number of aromatic nitrogens is 2. The highest BCUT2D eigenvalue weighted by molar-refractivity contribution is 5.60. The largest absolute Gasteiger partial charge is 0.380 e. The minimum atomic E-state index is -0.977. The van der Waals surface area contributed by atoms with Gasteiger partial charge in [-0.3, -0.25) is 10.00 Å². The van der Waals surface area contributed by atoms with E-state index in [0.717, 1.165) is 30.9 Å². The zero-order valence-corrected chi connectivity index (χ0v) is 12.3. The molecule has 0 atom stereocenters. The normalized spacial score (nSPS) is 16.3. The lowest BCUT2D eigenvalue weighted by Crippen LogP contribution is -2.35. The summed E-state index contributed by atoms with van der Waals surface area (Å²) in [6, 6.07) is 3.30. The number of rotatable bonds is 4. The van der Waals surface area contributed by atoms with Crippen LogP contribution in [0.3, 0.4) is 0 Å². The molecule has 1 fully saturated rings. The number of ether oxygens (including phenoxy) is 1. The molecule has 0 radical (unpaired) electrons. The zero-order chi connectivity index (χ0) is 16.2. The van der Waals surface area contributed by atoms with E-state index in [1.807, 2.05) is 0 Å². The molecule has 0 bridgehead atoms. The van der Waals surface area contributed by atoms with Gasteiger partial charge in [-0.25, -0.2) is 8.78 Å². The van der Waals surface area contributed by atoms with E-state index in [-0.39, 0.29) is 11.5 Å². The summed E-state index contributed by atoms with van der Waals surface area (Å²) in [4.78, 5) is 2.17. The Morgan fingerprint density at radius 1 is 1.22 bits per heavy atom. The van der Waals surface area contributed by atoms with Crippen molar-refractivity contribution in [3.05, 3.63) is 35.5 Å². The van der Waals surface area contributed by atoms with Crippen LogP contribution in [0.5, 0.6) is 0 Å². The van der Waals surface area contributed by atoms with E-state index in [1.54, 1.807) is 0 Å². The van der Waals surface area contributed by atoms with Gasteiger partial charge in [-0.1, -0.05) is 0 Å². The van der Waals surface area contributed by atoms with Gasteiger partial charge in [0.25, 0.3) is 0 Å². The third-order valence-corrected chi connectivity index (χ3v) is 3.49. The van der Waals surface area contributed by atoms with Crippen molar-refractivity contribution in [3.63, 3.8) is 0 Å². The SMILES string of the molecule is Nc1n[nH]c(CN2CCOCC2)c1N=Nc1ccc(F)c(F)c1. The highest BCUT2D eigenvalue weighted by Crippen LogP contribution is 2.28. The molecule has 2 aromatic rings. The number of nitrogens with zero attached hydrogens (tertiary/aromatic N) is 4. The quantitative estimate of drug-likeness (QED) is 0.846. The van der Waals surface area contributed by atoms with Gasteiger partial charge in [0.05, 0.1) is 24.6 Å². The average molecular weight is 322 g/mol. The van der Waals surface area contributed by atoms with Crippen molar-refractivity contribution in [2.24, 2.45) is 10.2 Å². The van der Waals surface area contributed by atoms with Crippen LogP contribution in [0.15, 0.2) is 28.4 Å². The fourth-order valence-electron chi connectivity index (χ4n) is 2.25. The maximum absolute atomic E-state index is 13.2. The fraction of sp³-hybridized carbons (Fsp3) is 0.357. The number of aromatic amines is 1. The number of hydrogen-bond acceptors (Lipinski definition) is 6. The van der Waals surface area contributed by atoms with E-state index in [9.17, 15) is 8.78 Å². The maximum atomic E-state index is 13.2. The van der Waals surface area contributed by atoms with Crippen LogP contribution in [-0.4, -0.2) is 41.4 Å². The first-order valence-corrected chi connectivity index (χ1v) is 7.13. The maximum Gasteiger partial charge on any atom is 0.173 e. The second-order valence-electron chi connectivity index (χ2n) is 5.12. The van der Waals surface area contributed by atoms with Crippen molar-refractivity contribution in [2.75, 3.05) is 32.0 Å². The third-order valence-electron chi connectivity index (χ3n) is 3.49. The number of morpholine rings is 1. The molecular weight excluding hydrogens is 306 g/mol. The molecule has 23 heavy (non-hydrogen) atoms. The van der Waals surface area contributed by atoms with E-state index < -0.39 is 11.6 Å². The third kappa shape index (κ3) is 3.69. The van der Waals surface area contributed by atoms with Crippen molar-refractivity contribution < 1.29 is 13.5 Å². The van der Waals surface area contributed by atoms with E-state index in [2.05, 4.69) is 25.3 Å². The van der Waals surface area contributed by atoms with Gasteiger partial charge in [0, 0.05) is 25.7 Å². The lowest BCUT2D eigenvalue weighted by molar-refractivity contribution is 0.0337. The van der Waals surface area contributed by atoms with Crippen molar-refractivity contribution in [3.8, 4) is 0 Å². The van der Waals surface area contributed by atoms with Gasteiger partial charge in [0.1, 0.15) is 0 Å². The van der Waals surface area contributed by atoms with Crippen molar-refractivity contribution in [1.29, 1.82) is 0 Å². The van der Waals surface area contributed by atoms with Crippen LogP contribution in [0.25, 0.3) is 0 Å². The van der Waals surface area contributed by atoms with Crippen LogP contribution in [0.2, 0.25) is 0 Å². The Labute approximate surface area is 131 Å². The molecule has 0 unspecified atom stereocenters. The van der Waals surface area contributed by atoms with Crippen molar-refractivity contribution >= 4 is 17.2 Å². The van der Waals surface area contributed by atoms with E-state index in [1.165, 1.54) is 6.07 Å². The molecule has 0 saturated carbocycles. The Hall–Kier alpha value is -2.39. The van der Waals surface area contributed by atoms with Crippen molar-refractivity contribution in [2.45, 2.75) is 6.54 Å². The molecule has 3 N–H and O–H groups in total. The number of hydrogen-bond donors (Lipinski definition) is 2. The van der Waals surface area contributed by atoms with Gasteiger partial charge in [-0.05, 0) is 12.1 Å². The molecule has 0 spiro atoms. The predicted molar refractivity (Wildman–Crippen MR) is 79.6 cm³/mol. The fourth-order valence-corrected chi connectivity index (χ4v) is 2.25. The number of anilines is 1. The summed E-state index contributed by atoms with van der Waals surface area (Å²) in [5.41, 5.74) is 7.11. The zero-order valence-electron chi connectivity index (χ0n) is 12.3. The molecule has 0 aliphatic carbocycles. The molecule has 0 amide bonds. The Balaban J connectivity index is 1.77. The highest BCUT2D eigenvalue weighted by Gasteiger charge is 2.16. The summed E-state index contributed by atoms with van der Waals surface area (Å²) < 4.78 is 31.4. The molecule has 122 valence electrons. The summed E-state index contributed by atoms with van der Waals surface area (Å²) in [6.45, 7) is 3.54. The summed E-state index contributed by atoms with van der Waals surface area (Å²) in [5, 5.41) is 14.7. The lowest BCUT2D eigenvalue weighted by Gasteiger charge is -2.25. The molecule has 1 saturated heterocycles. The molecule has 3 rings (SSSR count). The number of nitrogens with two attached hydrogens (primary N) is 1. The van der Waals surface area contributed by atoms with E-state index >= 15 is 0 Å². The Morgan fingerprint density at radius 3 is 2.74 bits per heavy atom. The molecule has 7 nitrogen and oxygen atoms in total. The van der Waals surface area contributed by atoms with Gasteiger partial charge < -0.3 is 10.5 Å². The van der Waals surface area contributed by atoms with Gasteiger partial charge >= 0.3 is 0 Å². The number of nitrogens with one attached hydrogen (secondary N) is 1. The Morgan fingerprint density at radius 2 is 2.00 bits per heavy atom. The van der Waals surface area contributed by atoms with Crippen LogP contribution in [0, 0.1) is 11.6 Å². The summed E-state index contributed by atoms with van der Waals surface area (Å²) in [7, 11) is 0. The van der Waals surface area contributed by atoms with Crippen molar-refractivity contribution in [1.82, 2.24) is 15.1 Å². The molecule has 2 heterocycles. The number of benzene rings is 1. The Kier molecular flexibility index (Phi) is 4.58. The molecule has 1 aromatic carbocycles. The summed E-state index contributed by atoms with van der Waals surface area (Å²) in [5.74, 6) is -1.70. The molecular formula is C14H16F2N6O. The molecule has 1 aromatic heterocycles. The predicted octanol–water partition coefficient (Wildman–Crippen LogP) is 2.52. The minimum absolute atomic E-state index is 0.196. The lowest BCUT2D eigenvalue weighted by atomic mass is 10.3.